The molecule has 6 heteroatoms. The van der Waals surface area contributed by atoms with E-state index in [1.807, 2.05) is 42.5 Å². The normalized spacial score (nSPS) is 18.7. The molecule has 27 heavy (non-hydrogen) atoms. The molecule has 142 valence electrons. The molecule has 2 aliphatic rings. The Kier molecular flexibility index (Phi) is 5.84. The van der Waals surface area contributed by atoms with Crippen molar-refractivity contribution in [3.05, 3.63) is 48.0 Å². The first-order valence-electron chi connectivity index (χ1n) is 9.34. The summed E-state index contributed by atoms with van der Waals surface area (Å²) in [7, 11) is 0. The number of hydrogen-bond donors (Lipinski definition) is 1. The fourth-order valence-corrected chi connectivity index (χ4v) is 4.30. The van der Waals surface area contributed by atoms with Crippen LogP contribution in [0.2, 0.25) is 0 Å². The van der Waals surface area contributed by atoms with Crippen molar-refractivity contribution >= 4 is 23.4 Å². The van der Waals surface area contributed by atoms with Crippen LogP contribution in [-0.2, 0) is 4.74 Å². The van der Waals surface area contributed by atoms with E-state index in [1.54, 1.807) is 11.8 Å². The predicted octanol–water partition coefficient (Wildman–Crippen LogP) is 4.37. The molecule has 2 aromatic rings. The lowest BCUT2D eigenvalue weighted by molar-refractivity contribution is 0.102. The smallest absolute Gasteiger partial charge is 0.256 e. The fraction of sp³-hybridized carbons (Fsp3) is 0.381. The van der Waals surface area contributed by atoms with Gasteiger partial charge in [0, 0.05) is 35.4 Å². The first-order valence-corrected chi connectivity index (χ1v) is 10.3. The number of thioether (sulfide) groups is 1. The molecule has 1 amide bonds. The number of nitrogens with one attached hydrogen (secondary N) is 1. The van der Waals surface area contributed by atoms with Gasteiger partial charge >= 0.3 is 0 Å². The third-order valence-electron chi connectivity index (χ3n) is 4.59. The summed E-state index contributed by atoms with van der Waals surface area (Å²) in [5, 5.41) is 2.98. The summed E-state index contributed by atoms with van der Waals surface area (Å²) in [5.74, 6) is 2.14. The Labute approximate surface area is 163 Å². The van der Waals surface area contributed by atoms with Crippen molar-refractivity contribution in [3.8, 4) is 11.5 Å². The largest absolute Gasteiger partial charge is 0.490 e. The molecular formula is C21H23NO4S. The van der Waals surface area contributed by atoms with Crippen LogP contribution in [0.15, 0.2) is 47.4 Å². The lowest BCUT2D eigenvalue weighted by atomic mass is 10.2. The maximum absolute atomic E-state index is 12.8. The molecule has 0 spiro atoms. The van der Waals surface area contributed by atoms with Gasteiger partial charge in [-0.3, -0.25) is 4.79 Å². The molecule has 0 aromatic heterocycles. The van der Waals surface area contributed by atoms with Crippen LogP contribution in [-0.4, -0.2) is 37.6 Å². The van der Waals surface area contributed by atoms with Crippen LogP contribution in [0.4, 0.5) is 5.69 Å². The van der Waals surface area contributed by atoms with Gasteiger partial charge in [-0.25, -0.2) is 0 Å². The van der Waals surface area contributed by atoms with Gasteiger partial charge in [-0.2, -0.15) is 0 Å². The molecule has 1 N–H and O–H groups in total. The number of rotatable bonds is 5. The number of amides is 1. The average Bonchev–Trinajstić information content (AvgIpc) is 3.11. The molecule has 0 unspecified atom stereocenters. The van der Waals surface area contributed by atoms with E-state index in [-0.39, 0.29) is 12.0 Å². The van der Waals surface area contributed by atoms with Crippen LogP contribution in [0, 0.1) is 0 Å². The third-order valence-corrected chi connectivity index (χ3v) is 5.79. The molecule has 0 bridgehead atoms. The highest BCUT2D eigenvalue weighted by Crippen LogP contribution is 2.33. The summed E-state index contributed by atoms with van der Waals surface area (Å²) in [5.41, 5.74) is 1.37. The van der Waals surface area contributed by atoms with Crippen LogP contribution in [0.25, 0.3) is 0 Å². The Morgan fingerprint density at radius 3 is 2.74 bits per heavy atom. The molecule has 1 saturated heterocycles. The number of ether oxygens (including phenoxy) is 3. The monoisotopic (exact) mass is 385 g/mol. The van der Waals surface area contributed by atoms with Gasteiger partial charge in [0.25, 0.3) is 5.91 Å². The van der Waals surface area contributed by atoms with Gasteiger partial charge in [0.15, 0.2) is 11.5 Å². The van der Waals surface area contributed by atoms with Crippen LogP contribution in [0.1, 0.15) is 29.6 Å². The second-order valence-electron chi connectivity index (χ2n) is 6.61. The maximum Gasteiger partial charge on any atom is 0.256 e. The topological polar surface area (TPSA) is 56.8 Å². The molecule has 1 atom stereocenters. The molecule has 2 aromatic carbocycles. The van der Waals surface area contributed by atoms with E-state index >= 15 is 0 Å². The van der Waals surface area contributed by atoms with E-state index in [0.717, 1.165) is 42.3 Å². The number of hydrogen-bond acceptors (Lipinski definition) is 5. The van der Waals surface area contributed by atoms with Crippen LogP contribution >= 0.6 is 11.8 Å². The second kappa shape index (κ2) is 8.67. The number of carbonyl (C=O) groups excluding carboxylic acids is 1. The molecule has 5 nitrogen and oxygen atoms in total. The third kappa shape index (κ3) is 4.57. The summed E-state index contributed by atoms with van der Waals surface area (Å²) in [6.07, 6.45) is 3.36. The quantitative estimate of drug-likeness (QED) is 0.775. The van der Waals surface area contributed by atoms with E-state index in [9.17, 15) is 4.79 Å². The van der Waals surface area contributed by atoms with Gasteiger partial charge in [-0.15, -0.1) is 11.8 Å². The van der Waals surface area contributed by atoms with Crippen molar-refractivity contribution in [2.75, 3.05) is 30.9 Å². The van der Waals surface area contributed by atoms with E-state index in [0.29, 0.717) is 30.2 Å². The summed E-state index contributed by atoms with van der Waals surface area (Å²) in [6, 6.07) is 13.2. The van der Waals surface area contributed by atoms with Crippen molar-refractivity contribution in [2.24, 2.45) is 0 Å². The summed E-state index contributed by atoms with van der Waals surface area (Å²) in [4.78, 5) is 13.8. The molecule has 2 heterocycles. The SMILES string of the molecule is O=C(Nc1ccc2c(c1)OCCCO2)c1ccccc1SC[C@@H]1CCCO1. The van der Waals surface area contributed by atoms with Gasteiger partial charge in [-0.1, -0.05) is 12.1 Å². The van der Waals surface area contributed by atoms with Gasteiger partial charge in [-0.05, 0) is 37.1 Å². The molecule has 1 fully saturated rings. The summed E-state index contributed by atoms with van der Waals surface area (Å²) in [6.45, 7) is 2.11. The van der Waals surface area contributed by atoms with Gasteiger partial charge in [0.05, 0.1) is 24.9 Å². The zero-order chi connectivity index (χ0) is 18.5. The Morgan fingerprint density at radius 1 is 1.04 bits per heavy atom. The molecule has 0 radical (unpaired) electrons. The van der Waals surface area contributed by atoms with E-state index in [2.05, 4.69) is 5.32 Å². The van der Waals surface area contributed by atoms with Crippen molar-refractivity contribution in [1.29, 1.82) is 0 Å². The van der Waals surface area contributed by atoms with Crippen LogP contribution in [0.5, 0.6) is 11.5 Å². The number of benzene rings is 2. The van der Waals surface area contributed by atoms with Gasteiger partial charge < -0.3 is 19.5 Å². The van der Waals surface area contributed by atoms with Crippen molar-refractivity contribution in [2.45, 2.75) is 30.3 Å². The minimum atomic E-state index is -0.125. The minimum Gasteiger partial charge on any atom is -0.490 e. The summed E-state index contributed by atoms with van der Waals surface area (Å²) >= 11 is 1.68. The van der Waals surface area contributed by atoms with E-state index < -0.39 is 0 Å². The lowest BCUT2D eigenvalue weighted by Gasteiger charge is -2.13. The average molecular weight is 385 g/mol. The highest BCUT2D eigenvalue weighted by atomic mass is 32.2. The number of carbonyl (C=O) groups is 1. The molecule has 0 saturated carbocycles. The summed E-state index contributed by atoms with van der Waals surface area (Å²) < 4.78 is 17.0. The minimum absolute atomic E-state index is 0.125. The zero-order valence-corrected chi connectivity index (χ0v) is 15.9. The fourth-order valence-electron chi connectivity index (χ4n) is 3.18. The van der Waals surface area contributed by atoms with Crippen LogP contribution in [0.3, 0.4) is 0 Å². The molecule has 4 rings (SSSR count). The molecule has 2 aliphatic heterocycles. The Bertz CT molecular complexity index is 805. The number of fused-ring (bicyclic) bond motifs is 1. The Morgan fingerprint density at radius 2 is 1.89 bits per heavy atom. The Balaban J connectivity index is 1.45. The molecule has 0 aliphatic carbocycles. The van der Waals surface area contributed by atoms with E-state index in [4.69, 9.17) is 14.2 Å². The maximum atomic E-state index is 12.8. The first kappa shape index (κ1) is 18.2. The van der Waals surface area contributed by atoms with Crippen molar-refractivity contribution in [1.82, 2.24) is 0 Å². The Hall–Kier alpha value is -2.18. The van der Waals surface area contributed by atoms with E-state index in [1.165, 1.54) is 0 Å². The highest BCUT2D eigenvalue weighted by molar-refractivity contribution is 7.99. The number of anilines is 1. The molecular weight excluding hydrogens is 362 g/mol. The standard InChI is InChI=1S/C21H23NO4S/c23-21(22-15-8-9-18-19(13-15)26-12-4-11-25-18)17-6-1-2-7-20(17)27-14-16-5-3-10-24-16/h1-2,6-9,13,16H,3-5,10-12,14H2,(H,22,23)/t16-/m0/s1. The predicted molar refractivity (Wildman–Crippen MR) is 106 cm³/mol. The van der Waals surface area contributed by atoms with Gasteiger partial charge in [0.1, 0.15) is 0 Å². The van der Waals surface area contributed by atoms with Gasteiger partial charge in [0.2, 0.25) is 0 Å². The van der Waals surface area contributed by atoms with Crippen molar-refractivity contribution in [3.63, 3.8) is 0 Å². The van der Waals surface area contributed by atoms with Crippen molar-refractivity contribution < 1.29 is 19.0 Å². The zero-order valence-electron chi connectivity index (χ0n) is 15.1. The second-order valence-corrected chi connectivity index (χ2v) is 7.67. The lowest BCUT2D eigenvalue weighted by Crippen LogP contribution is -2.14. The van der Waals surface area contributed by atoms with Crippen LogP contribution < -0.4 is 14.8 Å². The first-order chi connectivity index (χ1) is 13.3. The highest BCUT2D eigenvalue weighted by Gasteiger charge is 2.18.